The zero-order valence-corrected chi connectivity index (χ0v) is 13.2. The first-order chi connectivity index (χ1) is 10.1. The maximum absolute atomic E-state index is 12.2. The molecule has 1 unspecified atom stereocenters. The predicted octanol–water partition coefficient (Wildman–Crippen LogP) is 1.97. The summed E-state index contributed by atoms with van der Waals surface area (Å²) in [5.74, 6) is 1.21. The molecular weight excluding hydrogens is 264 g/mol. The van der Waals surface area contributed by atoms with E-state index in [2.05, 4.69) is 34.4 Å². The highest BCUT2D eigenvalue weighted by atomic mass is 16.1. The SMILES string of the molecule is CCNc1cccc(C(=O)NCC2CCN(C(C)C)C2)n1. The molecule has 0 bridgehead atoms. The van der Waals surface area contributed by atoms with Gasteiger partial charge < -0.3 is 15.5 Å². The highest BCUT2D eigenvalue weighted by Gasteiger charge is 2.24. The lowest BCUT2D eigenvalue weighted by Gasteiger charge is -2.20. The number of nitrogens with zero attached hydrogens (tertiary/aromatic N) is 2. The van der Waals surface area contributed by atoms with Gasteiger partial charge in [-0.1, -0.05) is 6.07 Å². The number of anilines is 1. The second-order valence-corrected chi connectivity index (χ2v) is 5.89. The quantitative estimate of drug-likeness (QED) is 0.841. The first-order valence-corrected chi connectivity index (χ1v) is 7.83. The Morgan fingerprint density at radius 1 is 1.48 bits per heavy atom. The summed E-state index contributed by atoms with van der Waals surface area (Å²) in [5.41, 5.74) is 0.479. The molecule has 2 rings (SSSR count). The number of nitrogens with one attached hydrogen (secondary N) is 2. The van der Waals surface area contributed by atoms with E-state index in [9.17, 15) is 4.79 Å². The van der Waals surface area contributed by atoms with E-state index in [-0.39, 0.29) is 5.91 Å². The van der Waals surface area contributed by atoms with Gasteiger partial charge in [-0.05, 0) is 51.8 Å². The van der Waals surface area contributed by atoms with Gasteiger partial charge in [-0.3, -0.25) is 4.79 Å². The van der Waals surface area contributed by atoms with Crippen LogP contribution < -0.4 is 10.6 Å². The second kappa shape index (κ2) is 7.41. The van der Waals surface area contributed by atoms with Crippen LogP contribution in [0.15, 0.2) is 18.2 Å². The Morgan fingerprint density at radius 3 is 2.95 bits per heavy atom. The van der Waals surface area contributed by atoms with Crippen molar-refractivity contribution < 1.29 is 4.79 Å². The summed E-state index contributed by atoms with van der Waals surface area (Å²) in [6, 6.07) is 6.07. The monoisotopic (exact) mass is 290 g/mol. The van der Waals surface area contributed by atoms with Crippen molar-refractivity contribution in [3.05, 3.63) is 23.9 Å². The van der Waals surface area contributed by atoms with Crippen LogP contribution in [0, 0.1) is 5.92 Å². The summed E-state index contributed by atoms with van der Waals surface area (Å²) in [7, 11) is 0. The Morgan fingerprint density at radius 2 is 2.29 bits per heavy atom. The van der Waals surface area contributed by atoms with Crippen LogP contribution >= 0.6 is 0 Å². The van der Waals surface area contributed by atoms with Crippen molar-refractivity contribution in [2.45, 2.75) is 33.2 Å². The van der Waals surface area contributed by atoms with E-state index in [1.807, 2.05) is 19.1 Å². The van der Waals surface area contributed by atoms with E-state index < -0.39 is 0 Å². The number of pyridine rings is 1. The summed E-state index contributed by atoms with van der Waals surface area (Å²) in [4.78, 5) is 18.9. The number of carbonyl (C=O) groups is 1. The van der Waals surface area contributed by atoms with E-state index in [4.69, 9.17) is 0 Å². The molecule has 1 saturated heterocycles. The van der Waals surface area contributed by atoms with E-state index in [1.54, 1.807) is 6.07 Å². The molecule has 0 radical (unpaired) electrons. The standard InChI is InChI=1S/C16H26N4O/c1-4-17-15-7-5-6-14(19-15)16(21)18-10-13-8-9-20(11-13)12(2)3/h5-7,12-13H,4,8-11H2,1-3H3,(H,17,19)(H,18,21). The molecule has 0 saturated carbocycles. The lowest BCUT2D eigenvalue weighted by atomic mass is 10.1. The Kier molecular flexibility index (Phi) is 5.56. The van der Waals surface area contributed by atoms with Gasteiger partial charge in [0.1, 0.15) is 11.5 Å². The number of aromatic nitrogens is 1. The zero-order valence-electron chi connectivity index (χ0n) is 13.2. The molecule has 1 aliphatic heterocycles. The minimum absolute atomic E-state index is 0.0854. The summed E-state index contributed by atoms with van der Waals surface area (Å²) >= 11 is 0. The Bertz CT molecular complexity index is 475. The summed E-state index contributed by atoms with van der Waals surface area (Å²) in [5, 5.41) is 6.13. The first-order valence-electron chi connectivity index (χ1n) is 7.83. The third-order valence-electron chi connectivity index (χ3n) is 3.94. The highest BCUT2D eigenvalue weighted by Crippen LogP contribution is 2.17. The fourth-order valence-electron chi connectivity index (χ4n) is 2.67. The maximum Gasteiger partial charge on any atom is 0.269 e. The number of likely N-dealkylation sites (tertiary alicyclic amines) is 1. The van der Waals surface area contributed by atoms with Crippen LogP contribution in [0.1, 0.15) is 37.7 Å². The summed E-state index contributed by atoms with van der Waals surface area (Å²) in [6.07, 6.45) is 1.16. The smallest absolute Gasteiger partial charge is 0.269 e. The van der Waals surface area contributed by atoms with Crippen molar-refractivity contribution in [1.82, 2.24) is 15.2 Å². The molecule has 2 heterocycles. The van der Waals surface area contributed by atoms with Crippen LogP contribution in [-0.4, -0.2) is 48.0 Å². The number of hydrogen-bond donors (Lipinski definition) is 2. The molecule has 5 heteroatoms. The number of hydrogen-bond acceptors (Lipinski definition) is 4. The van der Waals surface area contributed by atoms with Crippen molar-refractivity contribution in [2.75, 3.05) is 31.5 Å². The minimum atomic E-state index is -0.0854. The Labute approximate surface area is 127 Å². The average molecular weight is 290 g/mol. The third-order valence-corrected chi connectivity index (χ3v) is 3.94. The van der Waals surface area contributed by atoms with Crippen LogP contribution in [0.3, 0.4) is 0 Å². The van der Waals surface area contributed by atoms with Gasteiger partial charge in [-0.2, -0.15) is 0 Å². The van der Waals surface area contributed by atoms with E-state index in [1.165, 1.54) is 0 Å². The van der Waals surface area contributed by atoms with Gasteiger partial charge >= 0.3 is 0 Å². The van der Waals surface area contributed by atoms with Crippen molar-refractivity contribution in [1.29, 1.82) is 0 Å². The van der Waals surface area contributed by atoms with Gasteiger partial charge in [0.25, 0.3) is 5.91 Å². The molecule has 1 fully saturated rings. The summed E-state index contributed by atoms with van der Waals surface area (Å²) < 4.78 is 0. The average Bonchev–Trinajstić information content (AvgIpc) is 2.94. The highest BCUT2D eigenvalue weighted by molar-refractivity contribution is 5.92. The van der Waals surface area contributed by atoms with E-state index >= 15 is 0 Å². The fraction of sp³-hybridized carbons (Fsp3) is 0.625. The molecule has 1 aromatic rings. The van der Waals surface area contributed by atoms with Gasteiger partial charge in [-0.25, -0.2) is 4.98 Å². The van der Waals surface area contributed by atoms with E-state index in [0.717, 1.165) is 38.4 Å². The number of amides is 1. The lowest BCUT2D eigenvalue weighted by Crippen LogP contribution is -2.33. The molecule has 0 aliphatic carbocycles. The molecule has 1 amide bonds. The van der Waals surface area contributed by atoms with Crippen LogP contribution in [0.4, 0.5) is 5.82 Å². The predicted molar refractivity (Wildman–Crippen MR) is 85.5 cm³/mol. The van der Waals surface area contributed by atoms with Gasteiger partial charge in [0.2, 0.25) is 0 Å². The molecule has 5 nitrogen and oxygen atoms in total. The van der Waals surface area contributed by atoms with Crippen LogP contribution in [0.5, 0.6) is 0 Å². The lowest BCUT2D eigenvalue weighted by molar-refractivity contribution is 0.0942. The van der Waals surface area contributed by atoms with Gasteiger partial charge in [0, 0.05) is 25.7 Å². The molecule has 116 valence electrons. The van der Waals surface area contributed by atoms with Gasteiger partial charge in [-0.15, -0.1) is 0 Å². The van der Waals surface area contributed by atoms with Crippen LogP contribution in [-0.2, 0) is 0 Å². The molecule has 1 aromatic heterocycles. The molecule has 1 atom stereocenters. The van der Waals surface area contributed by atoms with Gasteiger partial charge in [0.15, 0.2) is 0 Å². The molecule has 1 aliphatic rings. The Balaban J connectivity index is 1.83. The van der Waals surface area contributed by atoms with Crippen molar-refractivity contribution in [3.63, 3.8) is 0 Å². The molecule has 0 aromatic carbocycles. The zero-order chi connectivity index (χ0) is 15.2. The maximum atomic E-state index is 12.2. The molecular formula is C16H26N4O. The van der Waals surface area contributed by atoms with Crippen molar-refractivity contribution >= 4 is 11.7 Å². The minimum Gasteiger partial charge on any atom is -0.370 e. The van der Waals surface area contributed by atoms with Crippen LogP contribution in [0.25, 0.3) is 0 Å². The normalized spacial score (nSPS) is 19.0. The van der Waals surface area contributed by atoms with Gasteiger partial charge in [0.05, 0.1) is 0 Å². The molecule has 0 spiro atoms. The molecule has 2 N–H and O–H groups in total. The number of carbonyl (C=O) groups excluding carboxylic acids is 1. The summed E-state index contributed by atoms with van der Waals surface area (Å²) in [6.45, 7) is 10.2. The van der Waals surface area contributed by atoms with E-state index in [0.29, 0.717) is 17.7 Å². The number of rotatable bonds is 6. The fourth-order valence-corrected chi connectivity index (χ4v) is 2.67. The third kappa shape index (κ3) is 4.43. The van der Waals surface area contributed by atoms with Crippen molar-refractivity contribution in [3.8, 4) is 0 Å². The largest absolute Gasteiger partial charge is 0.370 e. The second-order valence-electron chi connectivity index (χ2n) is 5.89. The van der Waals surface area contributed by atoms with Crippen molar-refractivity contribution in [2.24, 2.45) is 5.92 Å². The van der Waals surface area contributed by atoms with Crippen LogP contribution in [0.2, 0.25) is 0 Å². The Hall–Kier alpha value is -1.62. The first kappa shape index (κ1) is 15.8. The molecule has 21 heavy (non-hydrogen) atoms. The topological polar surface area (TPSA) is 57.3 Å².